The number of alkyl halides is 3. The van der Waals surface area contributed by atoms with E-state index in [1.165, 1.54) is 18.3 Å². The molecule has 0 unspecified atom stereocenters. The van der Waals surface area contributed by atoms with Crippen LogP contribution in [0.4, 0.5) is 18.9 Å². The summed E-state index contributed by atoms with van der Waals surface area (Å²) in [4.78, 5) is 21.9. The molecule has 11 heteroatoms. The fourth-order valence-corrected chi connectivity index (χ4v) is 4.40. The first-order valence-corrected chi connectivity index (χ1v) is 11.9. The van der Waals surface area contributed by atoms with Gasteiger partial charge >= 0.3 is 6.36 Å². The number of ether oxygens (including phenoxy) is 1. The molecule has 8 nitrogen and oxygen atoms in total. The highest BCUT2D eigenvalue weighted by Gasteiger charge is 2.31. The molecule has 1 aliphatic heterocycles. The molecule has 1 saturated heterocycles. The van der Waals surface area contributed by atoms with Crippen LogP contribution >= 0.6 is 0 Å². The van der Waals surface area contributed by atoms with Crippen LogP contribution in [0.5, 0.6) is 5.75 Å². The molecule has 1 aliphatic rings. The zero-order valence-corrected chi connectivity index (χ0v) is 20.0. The number of nitriles is 1. The molecule has 38 heavy (non-hydrogen) atoms. The molecule has 0 saturated carbocycles. The standard InChI is InChI=1S/C27H22F3N5O3/c28-27(29,30)37-23-6-4-19(5-7-23)24-33-26(38-34-24)21-14-20(25(36)32-16-21)12-18-2-1-3-22(13-18)35-10-8-17(15-31)9-11-35/h1-7,13-14,16-17H,8-12H2,(H,32,36). The molecule has 0 amide bonds. The number of halogens is 3. The van der Waals surface area contributed by atoms with Crippen LogP contribution in [-0.2, 0) is 6.42 Å². The topological polar surface area (TPSA) is 108 Å². The van der Waals surface area contributed by atoms with Crippen molar-refractivity contribution in [1.29, 1.82) is 5.26 Å². The summed E-state index contributed by atoms with van der Waals surface area (Å²) >= 11 is 0. The molecule has 0 spiro atoms. The quantitative estimate of drug-likeness (QED) is 0.366. The highest BCUT2D eigenvalue weighted by atomic mass is 19.4. The average molecular weight is 521 g/mol. The first-order chi connectivity index (χ1) is 18.3. The Balaban J connectivity index is 1.32. The Morgan fingerprint density at radius 3 is 2.58 bits per heavy atom. The maximum absolute atomic E-state index is 12.6. The van der Waals surface area contributed by atoms with Crippen molar-refractivity contribution in [3.8, 4) is 34.7 Å². The monoisotopic (exact) mass is 521 g/mol. The molecule has 5 rings (SSSR count). The lowest BCUT2D eigenvalue weighted by Gasteiger charge is -2.31. The Morgan fingerprint density at radius 2 is 1.87 bits per heavy atom. The molecule has 0 aliphatic carbocycles. The Kier molecular flexibility index (Phi) is 6.87. The van der Waals surface area contributed by atoms with Crippen molar-refractivity contribution < 1.29 is 22.4 Å². The summed E-state index contributed by atoms with van der Waals surface area (Å²) < 4.78 is 46.4. The average Bonchev–Trinajstić information content (AvgIpc) is 3.40. The molecule has 1 fully saturated rings. The van der Waals surface area contributed by atoms with Crippen molar-refractivity contribution in [2.45, 2.75) is 25.6 Å². The Labute approximate surface area is 215 Å². The van der Waals surface area contributed by atoms with Crippen molar-refractivity contribution in [3.05, 3.63) is 82.3 Å². The maximum atomic E-state index is 12.6. The third kappa shape index (κ3) is 5.86. The number of H-pyrrole nitrogens is 1. The molecule has 194 valence electrons. The summed E-state index contributed by atoms with van der Waals surface area (Å²) in [6.07, 6.45) is -1.26. The van der Waals surface area contributed by atoms with Crippen molar-refractivity contribution in [3.63, 3.8) is 0 Å². The van der Waals surface area contributed by atoms with E-state index in [0.29, 0.717) is 23.1 Å². The van der Waals surface area contributed by atoms with Gasteiger partial charge < -0.3 is 19.1 Å². The summed E-state index contributed by atoms with van der Waals surface area (Å²) in [5.41, 5.74) is 3.23. The van der Waals surface area contributed by atoms with Gasteiger partial charge in [-0.25, -0.2) is 0 Å². The number of piperidine rings is 1. The Bertz CT molecular complexity index is 1510. The molecule has 4 aromatic rings. The highest BCUT2D eigenvalue weighted by Crippen LogP contribution is 2.28. The lowest BCUT2D eigenvalue weighted by molar-refractivity contribution is -0.274. The van der Waals surface area contributed by atoms with Crippen LogP contribution in [0.15, 0.2) is 70.1 Å². The van der Waals surface area contributed by atoms with Crippen molar-refractivity contribution in [1.82, 2.24) is 15.1 Å². The van der Waals surface area contributed by atoms with Gasteiger partial charge in [0.1, 0.15) is 5.75 Å². The van der Waals surface area contributed by atoms with E-state index in [-0.39, 0.29) is 28.9 Å². The lowest BCUT2D eigenvalue weighted by atomic mass is 9.97. The van der Waals surface area contributed by atoms with Crippen LogP contribution in [-0.4, -0.2) is 34.6 Å². The van der Waals surface area contributed by atoms with Crippen molar-refractivity contribution in [2.75, 3.05) is 18.0 Å². The summed E-state index contributed by atoms with van der Waals surface area (Å²) in [6.45, 7) is 1.63. The summed E-state index contributed by atoms with van der Waals surface area (Å²) in [5.74, 6) is 0.0797. The van der Waals surface area contributed by atoms with Crippen LogP contribution in [0.2, 0.25) is 0 Å². The Hall–Kier alpha value is -4.59. The fraction of sp³-hybridized carbons (Fsp3) is 0.259. The van der Waals surface area contributed by atoms with Gasteiger partial charge in [-0.3, -0.25) is 4.79 Å². The van der Waals surface area contributed by atoms with Gasteiger partial charge in [0.05, 0.1) is 11.6 Å². The second-order valence-corrected chi connectivity index (χ2v) is 8.98. The molecular weight excluding hydrogens is 499 g/mol. The highest BCUT2D eigenvalue weighted by molar-refractivity contribution is 5.60. The van der Waals surface area contributed by atoms with E-state index in [2.05, 4.69) is 36.9 Å². The molecule has 2 aromatic heterocycles. The van der Waals surface area contributed by atoms with E-state index >= 15 is 0 Å². The maximum Gasteiger partial charge on any atom is 0.573 e. The molecule has 1 N–H and O–H groups in total. The van der Waals surface area contributed by atoms with Crippen LogP contribution < -0.4 is 15.2 Å². The van der Waals surface area contributed by atoms with Crippen molar-refractivity contribution in [2.24, 2.45) is 5.92 Å². The number of pyridine rings is 1. The molecule has 0 radical (unpaired) electrons. The third-order valence-electron chi connectivity index (χ3n) is 6.35. The minimum absolute atomic E-state index is 0.101. The summed E-state index contributed by atoms with van der Waals surface area (Å²) in [7, 11) is 0. The van der Waals surface area contributed by atoms with Gasteiger partial charge in [0.15, 0.2) is 0 Å². The van der Waals surface area contributed by atoms with E-state index in [0.717, 1.165) is 49.3 Å². The zero-order chi connectivity index (χ0) is 26.7. The van der Waals surface area contributed by atoms with E-state index in [1.54, 1.807) is 6.07 Å². The number of nitrogens with zero attached hydrogens (tertiary/aromatic N) is 4. The number of hydrogen-bond acceptors (Lipinski definition) is 7. The first kappa shape index (κ1) is 25.1. The number of anilines is 1. The van der Waals surface area contributed by atoms with Gasteiger partial charge in [-0.15, -0.1) is 13.2 Å². The van der Waals surface area contributed by atoms with E-state index in [1.807, 2.05) is 18.2 Å². The van der Waals surface area contributed by atoms with Crippen molar-refractivity contribution >= 4 is 5.69 Å². The molecule has 2 aromatic carbocycles. The summed E-state index contributed by atoms with van der Waals surface area (Å²) in [6, 6.07) is 17.1. The van der Waals surface area contributed by atoms with Gasteiger partial charge in [0.25, 0.3) is 11.4 Å². The lowest BCUT2D eigenvalue weighted by Crippen LogP contribution is -2.33. The van der Waals surface area contributed by atoms with Crippen LogP contribution in [0.1, 0.15) is 24.0 Å². The van der Waals surface area contributed by atoms with E-state index in [9.17, 15) is 18.0 Å². The third-order valence-corrected chi connectivity index (χ3v) is 6.35. The Morgan fingerprint density at radius 1 is 1.11 bits per heavy atom. The number of benzene rings is 2. The summed E-state index contributed by atoms with van der Waals surface area (Å²) in [5, 5.41) is 13.0. The largest absolute Gasteiger partial charge is 0.573 e. The van der Waals surface area contributed by atoms with Gasteiger partial charge in [0, 0.05) is 48.4 Å². The second kappa shape index (κ2) is 10.4. The number of aromatic amines is 1. The molecule has 0 atom stereocenters. The molecule has 0 bridgehead atoms. The smallest absolute Gasteiger partial charge is 0.406 e. The van der Waals surface area contributed by atoms with Crippen LogP contribution in [0.25, 0.3) is 22.8 Å². The second-order valence-electron chi connectivity index (χ2n) is 8.98. The van der Waals surface area contributed by atoms with Crippen LogP contribution in [0.3, 0.4) is 0 Å². The van der Waals surface area contributed by atoms with E-state index in [4.69, 9.17) is 9.78 Å². The van der Waals surface area contributed by atoms with Gasteiger partial charge in [-0.1, -0.05) is 17.3 Å². The SMILES string of the molecule is N#CC1CCN(c2cccc(Cc3cc(-c4nc(-c5ccc(OC(F)(F)F)cc5)no4)c[nH]c3=O)c2)CC1. The number of hydrogen-bond donors (Lipinski definition) is 1. The normalized spacial score (nSPS) is 14.3. The number of nitrogens with one attached hydrogen (secondary N) is 1. The number of rotatable bonds is 6. The molecule has 3 heterocycles. The molecular formula is C27H22F3N5O3. The minimum atomic E-state index is -4.78. The van der Waals surface area contributed by atoms with Gasteiger partial charge in [0.2, 0.25) is 5.82 Å². The van der Waals surface area contributed by atoms with E-state index < -0.39 is 6.36 Å². The predicted octanol–water partition coefficient (Wildman–Crippen LogP) is 5.32. The number of aromatic nitrogens is 3. The van der Waals surface area contributed by atoms with Crippen LogP contribution in [0, 0.1) is 17.2 Å². The minimum Gasteiger partial charge on any atom is -0.406 e. The fourth-order valence-electron chi connectivity index (χ4n) is 4.40. The first-order valence-electron chi connectivity index (χ1n) is 11.9. The van der Waals surface area contributed by atoms with Gasteiger partial charge in [-0.2, -0.15) is 10.2 Å². The van der Waals surface area contributed by atoms with Gasteiger partial charge in [-0.05, 0) is 60.9 Å². The zero-order valence-electron chi connectivity index (χ0n) is 20.0. The predicted molar refractivity (Wildman–Crippen MR) is 132 cm³/mol.